The largest absolute Gasteiger partial charge is 0.380 e. The van der Waals surface area contributed by atoms with Crippen molar-refractivity contribution >= 4 is 11.6 Å². The Labute approximate surface area is 103 Å². The lowest BCUT2D eigenvalue weighted by molar-refractivity contribution is 0.200. The maximum atomic E-state index is 13.6. The van der Waals surface area contributed by atoms with E-state index in [1.165, 1.54) is 12.1 Å². The Morgan fingerprint density at radius 3 is 2.94 bits per heavy atom. The first-order chi connectivity index (χ1) is 8.13. The van der Waals surface area contributed by atoms with Gasteiger partial charge >= 0.3 is 0 Å². The first-order valence-corrected chi connectivity index (χ1v) is 5.65. The van der Waals surface area contributed by atoms with E-state index in [2.05, 4.69) is 4.98 Å². The molecule has 2 aromatic rings. The van der Waals surface area contributed by atoms with Gasteiger partial charge in [-0.15, -0.1) is 0 Å². The number of benzene rings is 1. The molecule has 17 heavy (non-hydrogen) atoms. The average molecular weight is 255 g/mol. The Hall–Kier alpha value is -1.39. The lowest BCUT2D eigenvalue weighted by Gasteiger charge is -2.13. The van der Waals surface area contributed by atoms with E-state index in [0.717, 1.165) is 0 Å². The summed E-state index contributed by atoms with van der Waals surface area (Å²) >= 11 is 5.66. The Morgan fingerprint density at radius 2 is 2.29 bits per heavy atom. The number of aliphatic hydroxyl groups is 1. The molecule has 1 aromatic heterocycles. The van der Waals surface area contributed by atoms with Crippen LogP contribution in [-0.4, -0.2) is 14.7 Å². The minimum absolute atomic E-state index is 0.176. The maximum absolute atomic E-state index is 13.6. The van der Waals surface area contributed by atoms with Crippen molar-refractivity contribution in [1.29, 1.82) is 0 Å². The summed E-state index contributed by atoms with van der Waals surface area (Å²) < 4.78 is 15.4. The van der Waals surface area contributed by atoms with Crippen LogP contribution in [0.25, 0.3) is 0 Å². The molecule has 1 N–H and O–H groups in total. The molecule has 3 nitrogen and oxygen atoms in total. The molecule has 0 aliphatic carbocycles. The van der Waals surface area contributed by atoms with Crippen LogP contribution in [0, 0.1) is 5.82 Å². The van der Waals surface area contributed by atoms with Gasteiger partial charge in [0.05, 0.1) is 0 Å². The number of hydrogen-bond acceptors (Lipinski definition) is 2. The number of hydrogen-bond donors (Lipinski definition) is 1. The lowest BCUT2D eigenvalue weighted by atomic mass is 10.1. The lowest BCUT2D eigenvalue weighted by Crippen LogP contribution is -2.10. The first-order valence-electron chi connectivity index (χ1n) is 5.27. The molecule has 0 saturated carbocycles. The molecule has 1 unspecified atom stereocenters. The van der Waals surface area contributed by atoms with Gasteiger partial charge in [0.2, 0.25) is 0 Å². The van der Waals surface area contributed by atoms with Gasteiger partial charge in [-0.05, 0) is 19.1 Å². The Kier molecular flexibility index (Phi) is 3.45. The predicted molar refractivity (Wildman–Crippen MR) is 63.4 cm³/mol. The summed E-state index contributed by atoms with van der Waals surface area (Å²) in [5.74, 6) is -0.107. The number of imidazole rings is 1. The molecule has 0 aliphatic heterocycles. The van der Waals surface area contributed by atoms with Gasteiger partial charge < -0.3 is 9.67 Å². The van der Waals surface area contributed by atoms with E-state index in [-0.39, 0.29) is 5.56 Å². The minimum Gasteiger partial charge on any atom is -0.380 e. The van der Waals surface area contributed by atoms with Crippen molar-refractivity contribution in [1.82, 2.24) is 9.55 Å². The number of rotatable bonds is 3. The normalized spacial score (nSPS) is 12.7. The van der Waals surface area contributed by atoms with Crippen LogP contribution < -0.4 is 0 Å². The second-order valence-electron chi connectivity index (χ2n) is 3.64. The van der Waals surface area contributed by atoms with E-state index in [4.69, 9.17) is 11.6 Å². The van der Waals surface area contributed by atoms with Crippen molar-refractivity contribution < 1.29 is 9.50 Å². The maximum Gasteiger partial charge on any atom is 0.142 e. The van der Waals surface area contributed by atoms with E-state index >= 15 is 0 Å². The molecule has 0 spiro atoms. The van der Waals surface area contributed by atoms with Crippen LogP contribution in [0.5, 0.6) is 0 Å². The standard InChI is InChI=1S/C12H12ClFN2O/c1-2-16-6-5-15-12(16)11(17)9-4-3-8(13)7-10(9)14/h3-7,11,17H,2H2,1H3. The van der Waals surface area contributed by atoms with Gasteiger partial charge in [0.25, 0.3) is 0 Å². The molecule has 0 amide bonds. The highest BCUT2D eigenvalue weighted by Gasteiger charge is 2.19. The van der Waals surface area contributed by atoms with Crippen molar-refractivity contribution in [2.75, 3.05) is 0 Å². The molecule has 1 atom stereocenters. The van der Waals surface area contributed by atoms with Crippen molar-refractivity contribution in [2.24, 2.45) is 0 Å². The number of halogens is 2. The van der Waals surface area contributed by atoms with Gasteiger partial charge in [-0.2, -0.15) is 0 Å². The number of aryl methyl sites for hydroxylation is 1. The molecule has 0 aliphatic rings. The van der Waals surface area contributed by atoms with Crippen LogP contribution in [0.4, 0.5) is 4.39 Å². The third kappa shape index (κ3) is 2.33. The van der Waals surface area contributed by atoms with Crippen LogP contribution >= 0.6 is 11.6 Å². The summed E-state index contributed by atoms with van der Waals surface area (Å²) in [6.07, 6.45) is 2.24. The molecule has 5 heteroatoms. The summed E-state index contributed by atoms with van der Waals surface area (Å²) in [6, 6.07) is 4.19. The van der Waals surface area contributed by atoms with Crippen molar-refractivity contribution in [3.63, 3.8) is 0 Å². The summed E-state index contributed by atoms with van der Waals surface area (Å²) in [7, 11) is 0. The molecule has 0 bridgehead atoms. The van der Waals surface area contributed by atoms with Crippen LogP contribution in [0.1, 0.15) is 24.4 Å². The Balaban J connectivity index is 2.40. The molecule has 2 rings (SSSR count). The van der Waals surface area contributed by atoms with E-state index in [1.807, 2.05) is 6.92 Å². The molecule has 1 heterocycles. The van der Waals surface area contributed by atoms with Gasteiger partial charge in [0, 0.05) is 29.5 Å². The quantitative estimate of drug-likeness (QED) is 0.915. The highest BCUT2D eigenvalue weighted by Crippen LogP contribution is 2.25. The van der Waals surface area contributed by atoms with Gasteiger partial charge in [-0.1, -0.05) is 17.7 Å². The number of nitrogens with zero attached hydrogens (tertiary/aromatic N) is 2. The van der Waals surface area contributed by atoms with E-state index in [9.17, 15) is 9.50 Å². The molecule has 90 valence electrons. The zero-order valence-electron chi connectivity index (χ0n) is 9.27. The Bertz CT molecular complexity index is 527. The Morgan fingerprint density at radius 1 is 1.53 bits per heavy atom. The topological polar surface area (TPSA) is 38.0 Å². The molecular weight excluding hydrogens is 243 g/mol. The second kappa shape index (κ2) is 4.85. The van der Waals surface area contributed by atoms with Gasteiger partial charge in [-0.3, -0.25) is 0 Å². The first kappa shape index (κ1) is 12.1. The van der Waals surface area contributed by atoms with Gasteiger partial charge in [-0.25, -0.2) is 9.37 Å². The third-order valence-electron chi connectivity index (χ3n) is 2.59. The van der Waals surface area contributed by atoms with E-state index in [0.29, 0.717) is 17.4 Å². The van der Waals surface area contributed by atoms with Crippen LogP contribution in [0.15, 0.2) is 30.6 Å². The second-order valence-corrected chi connectivity index (χ2v) is 4.08. The summed E-state index contributed by atoms with van der Waals surface area (Å²) in [4.78, 5) is 4.04. The fraction of sp³-hybridized carbons (Fsp3) is 0.250. The molecular formula is C12H12ClFN2O. The molecule has 0 fully saturated rings. The van der Waals surface area contributed by atoms with Crippen LogP contribution in [0.3, 0.4) is 0 Å². The number of aromatic nitrogens is 2. The van der Waals surface area contributed by atoms with Gasteiger partial charge in [0.15, 0.2) is 0 Å². The summed E-state index contributed by atoms with van der Waals surface area (Å²) in [5.41, 5.74) is 0.176. The molecule has 0 saturated heterocycles. The zero-order chi connectivity index (χ0) is 12.4. The smallest absolute Gasteiger partial charge is 0.142 e. The van der Waals surface area contributed by atoms with Crippen molar-refractivity contribution in [3.05, 3.63) is 52.8 Å². The molecule has 0 radical (unpaired) electrons. The number of aliphatic hydroxyl groups excluding tert-OH is 1. The highest BCUT2D eigenvalue weighted by molar-refractivity contribution is 6.30. The minimum atomic E-state index is -1.08. The van der Waals surface area contributed by atoms with Crippen molar-refractivity contribution in [2.45, 2.75) is 19.6 Å². The van der Waals surface area contributed by atoms with Gasteiger partial charge in [0.1, 0.15) is 17.7 Å². The monoisotopic (exact) mass is 254 g/mol. The van der Waals surface area contributed by atoms with Crippen molar-refractivity contribution in [3.8, 4) is 0 Å². The summed E-state index contributed by atoms with van der Waals surface area (Å²) in [6.45, 7) is 2.59. The van der Waals surface area contributed by atoms with Crippen LogP contribution in [-0.2, 0) is 6.54 Å². The van der Waals surface area contributed by atoms with E-state index in [1.54, 1.807) is 23.0 Å². The molecule has 1 aromatic carbocycles. The third-order valence-corrected chi connectivity index (χ3v) is 2.83. The van der Waals surface area contributed by atoms with E-state index < -0.39 is 11.9 Å². The fourth-order valence-electron chi connectivity index (χ4n) is 1.70. The predicted octanol–water partition coefficient (Wildman–Crippen LogP) is 2.78. The fourth-order valence-corrected chi connectivity index (χ4v) is 1.86. The zero-order valence-corrected chi connectivity index (χ0v) is 10.0. The highest BCUT2D eigenvalue weighted by atomic mass is 35.5. The summed E-state index contributed by atoms with van der Waals surface area (Å²) in [5, 5.41) is 10.4. The SMILES string of the molecule is CCn1ccnc1C(O)c1ccc(Cl)cc1F. The average Bonchev–Trinajstić information content (AvgIpc) is 2.76. The van der Waals surface area contributed by atoms with Crippen LogP contribution in [0.2, 0.25) is 5.02 Å².